The van der Waals surface area contributed by atoms with Gasteiger partial charge in [-0.2, -0.15) is 0 Å². The number of para-hydroxylation sites is 1. The molecule has 1 fully saturated rings. The quantitative estimate of drug-likeness (QED) is 0.339. The largest absolute Gasteiger partial charge is 0.489 e. The van der Waals surface area contributed by atoms with Crippen LogP contribution in [0.5, 0.6) is 5.75 Å². The summed E-state index contributed by atoms with van der Waals surface area (Å²) < 4.78 is 5.99. The second-order valence-electron chi connectivity index (χ2n) is 10.7. The Labute approximate surface area is 222 Å². The Balaban J connectivity index is 1.43. The van der Waals surface area contributed by atoms with Crippen LogP contribution >= 0.6 is 0 Å². The first-order valence-corrected chi connectivity index (χ1v) is 12.7. The summed E-state index contributed by atoms with van der Waals surface area (Å²) in [5.41, 5.74) is 4.34. The Hall–Kier alpha value is -3.98. The van der Waals surface area contributed by atoms with E-state index >= 15 is 0 Å². The molecule has 9 nitrogen and oxygen atoms in total. The molecule has 9 heteroatoms. The Morgan fingerprint density at radius 2 is 1.82 bits per heavy atom. The second-order valence-corrected chi connectivity index (χ2v) is 10.7. The van der Waals surface area contributed by atoms with Crippen LogP contribution in [0.25, 0.3) is 10.9 Å². The fourth-order valence-corrected chi connectivity index (χ4v) is 4.78. The van der Waals surface area contributed by atoms with E-state index in [0.717, 1.165) is 22.2 Å². The highest BCUT2D eigenvalue weighted by atomic mass is 16.5. The standard InChI is InChI=1S/C29H34N4O5/c1-18-15-20(22-7-5-6-8-24(22)30-18)17-38-21-11-9-19(10-12-21)26(34)31-25-16-33(28(36)29(2,3)4)14-13-23(25)27(35)32-37/h5-12,15,23,25,37H,13-14,16-17H2,1-4H3,(H,31,34)(H,32,35)/t23-,25+/m0/s1. The van der Waals surface area contributed by atoms with Gasteiger partial charge in [-0.1, -0.05) is 39.0 Å². The number of fused-ring (bicyclic) bond motifs is 1. The number of aromatic nitrogens is 1. The third kappa shape index (κ3) is 6.11. The maximum Gasteiger partial charge on any atom is 0.251 e. The highest BCUT2D eigenvalue weighted by Gasteiger charge is 2.39. The van der Waals surface area contributed by atoms with Gasteiger partial charge in [-0.25, -0.2) is 5.48 Å². The number of benzene rings is 2. The first kappa shape index (κ1) is 27.1. The van der Waals surface area contributed by atoms with Gasteiger partial charge in [0.2, 0.25) is 11.8 Å². The Kier molecular flexibility index (Phi) is 7.97. The molecule has 3 aromatic rings. The molecule has 2 aromatic carbocycles. The minimum absolute atomic E-state index is 0.0572. The van der Waals surface area contributed by atoms with Crippen molar-refractivity contribution in [3.8, 4) is 5.75 Å². The first-order valence-electron chi connectivity index (χ1n) is 12.7. The Bertz CT molecular complexity index is 1330. The first-order chi connectivity index (χ1) is 18.1. The van der Waals surface area contributed by atoms with Crippen molar-refractivity contribution in [1.82, 2.24) is 20.7 Å². The highest BCUT2D eigenvalue weighted by molar-refractivity contribution is 5.95. The molecule has 3 N–H and O–H groups in total. The predicted molar refractivity (Wildman–Crippen MR) is 143 cm³/mol. The fourth-order valence-electron chi connectivity index (χ4n) is 4.78. The molecule has 3 amide bonds. The van der Waals surface area contributed by atoms with Gasteiger partial charge in [0.1, 0.15) is 12.4 Å². The van der Waals surface area contributed by atoms with Crippen molar-refractivity contribution in [2.24, 2.45) is 11.3 Å². The summed E-state index contributed by atoms with van der Waals surface area (Å²) in [4.78, 5) is 44.4. The summed E-state index contributed by atoms with van der Waals surface area (Å²) in [5, 5.41) is 13.1. The van der Waals surface area contributed by atoms with E-state index in [1.54, 1.807) is 34.6 Å². The van der Waals surface area contributed by atoms with E-state index in [0.29, 0.717) is 30.9 Å². The summed E-state index contributed by atoms with van der Waals surface area (Å²) in [6.45, 7) is 8.35. The average molecular weight is 519 g/mol. The molecule has 4 rings (SSSR count). The number of rotatable bonds is 6. The van der Waals surface area contributed by atoms with Crippen LogP contribution in [-0.2, 0) is 16.2 Å². The molecule has 0 spiro atoms. The summed E-state index contributed by atoms with van der Waals surface area (Å²) in [5.74, 6) is -1.07. The number of piperidine rings is 1. The van der Waals surface area contributed by atoms with E-state index in [1.165, 1.54) is 0 Å². The van der Waals surface area contributed by atoms with Crippen molar-refractivity contribution in [2.45, 2.75) is 46.8 Å². The monoisotopic (exact) mass is 518 g/mol. The lowest BCUT2D eigenvalue weighted by molar-refractivity contribution is -0.145. The summed E-state index contributed by atoms with van der Waals surface area (Å²) in [6.07, 6.45) is 0.328. The van der Waals surface area contributed by atoms with E-state index < -0.39 is 23.3 Å². The van der Waals surface area contributed by atoms with Crippen molar-refractivity contribution in [2.75, 3.05) is 13.1 Å². The molecule has 2 heterocycles. The van der Waals surface area contributed by atoms with Gasteiger partial charge in [-0.3, -0.25) is 24.6 Å². The number of nitrogens with zero attached hydrogens (tertiary/aromatic N) is 2. The van der Waals surface area contributed by atoms with Crippen LogP contribution in [-0.4, -0.2) is 51.9 Å². The topological polar surface area (TPSA) is 121 Å². The molecule has 38 heavy (non-hydrogen) atoms. The number of likely N-dealkylation sites (tertiary alicyclic amines) is 1. The summed E-state index contributed by atoms with van der Waals surface area (Å²) >= 11 is 0. The van der Waals surface area contributed by atoms with Gasteiger partial charge in [0, 0.05) is 40.7 Å². The molecule has 1 aliphatic rings. The van der Waals surface area contributed by atoms with E-state index in [-0.39, 0.29) is 18.4 Å². The summed E-state index contributed by atoms with van der Waals surface area (Å²) in [7, 11) is 0. The van der Waals surface area contributed by atoms with E-state index in [4.69, 9.17) is 4.74 Å². The Morgan fingerprint density at radius 3 is 2.50 bits per heavy atom. The number of ether oxygens (including phenoxy) is 1. The van der Waals surface area contributed by atoms with Crippen molar-refractivity contribution >= 4 is 28.6 Å². The Morgan fingerprint density at radius 1 is 1.11 bits per heavy atom. The SMILES string of the molecule is Cc1cc(COc2ccc(C(=O)N[C@@H]3CN(C(=O)C(C)(C)C)CC[C@@H]3C(=O)NO)cc2)c2ccccc2n1. The minimum Gasteiger partial charge on any atom is -0.489 e. The van der Waals surface area contributed by atoms with Crippen LogP contribution in [0.3, 0.4) is 0 Å². The third-order valence-electron chi connectivity index (χ3n) is 6.75. The number of carbonyl (C=O) groups is 3. The lowest BCUT2D eigenvalue weighted by atomic mass is 9.87. The lowest BCUT2D eigenvalue weighted by Gasteiger charge is -2.40. The van der Waals surface area contributed by atoms with Crippen LogP contribution in [0, 0.1) is 18.3 Å². The number of nitrogens with one attached hydrogen (secondary N) is 2. The molecular weight excluding hydrogens is 484 g/mol. The van der Waals surface area contributed by atoms with Crippen molar-refractivity contribution in [3.05, 3.63) is 71.4 Å². The van der Waals surface area contributed by atoms with Gasteiger partial charge in [0.05, 0.1) is 17.5 Å². The maximum atomic E-state index is 13.1. The number of pyridine rings is 1. The molecule has 200 valence electrons. The zero-order valence-electron chi connectivity index (χ0n) is 22.2. The molecule has 0 bridgehead atoms. The number of hydrogen-bond acceptors (Lipinski definition) is 6. The third-order valence-corrected chi connectivity index (χ3v) is 6.75. The van der Waals surface area contributed by atoms with Crippen LogP contribution in [0.15, 0.2) is 54.6 Å². The van der Waals surface area contributed by atoms with E-state index in [1.807, 2.05) is 58.0 Å². The predicted octanol–water partition coefficient (Wildman–Crippen LogP) is 3.62. The molecule has 0 radical (unpaired) electrons. The minimum atomic E-state index is -0.658. The molecular formula is C29H34N4O5. The maximum absolute atomic E-state index is 13.1. The van der Waals surface area contributed by atoms with Gasteiger partial charge >= 0.3 is 0 Å². The molecule has 1 aliphatic heterocycles. The molecule has 0 aliphatic carbocycles. The number of aryl methyl sites for hydroxylation is 1. The van der Waals surface area contributed by atoms with Gasteiger partial charge in [0.25, 0.3) is 5.91 Å². The molecule has 2 atom stereocenters. The van der Waals surface area contributed by atoms with E-state index in [2.05, 4.69) is 10.3 Å². The number of hydrogen-bond donors (Lipinski definition) is 3. The number of hydroxylamine groups is 1. The normalized spacial score (nSPS) is 17.7. The van der Waals surface area contributed by atoms with Crippen molar-refractivity contribution in [1.29, 1.82) is 0 Å². The van der Waals surface area contributed by atoms with Crippen molar-refractivity contribution in [3.63, 3.8) is 0 Å². The molecule has 0 saturated carbocycles. The van der Waals surface area contributed by atoms with Gasteiger partial charge in [0.15, 0.2) is 0 Å². The fraction of sp³-hybridized carbons (Fsp3) is 0.379. The van der Waals surface area contributed by atoms with Crippen LogP contribution < -0.4 is 15.5 Å². The van der Waals surface area contributed by atoms with Crippen LogP contribution in [0.2, 0.25) is 0 Å². The molecule has 0 unspecified atom stereocenters. The zero-order valence-corrected chi connectivity index (χ0v) is 22.2. The van der Waals surface area contributed by atoms with Gasteiger partial charge in [-0.15, -0.1) is 0 Å². The second kappa shape index (κ2) is 11.2. The van der Waals surface area contributed by atoms with Gasteiger partial charge in [-0.05, 0) is 49.7 Å². The lowest BCUT2D eigenvalue weighted by Crippen LogP contribution is -2.58. The number of amides is 3. The highest BCUT2D eigenvalue weighted by Crippen LogP contribution is 2.25. The molecule has 1 aromatic heterocycles. The van der Waals surface area contributed by atoms with Gasteiger partial charge < -0.3 is 15.0 Å². The van der Waals surface area contributed by atoms with Crippen LogP contribution in [0.4, 0.5) is 0 Å². The average Bonchev–Trinajstić information content (AvgIpc) is 2.90. The smallest absolute Gasteiger partial charge is 0.251 e. The zero-order chi connectivity index (χ0) is 27.4. The number of carbonyl (C=O) groups excluding carboxylic acids is 3. The van der Waals surface area contributed by atoms with E-state index in [9.17, 15) is 19.6 Å². The van der Waals surface area contributed by atoms with Crippen LogP contribution in [0.1, 0.15) is 48.8 Å². The molecule has 1 saturated heterocycles. The summed E-state index contributed by atoms with van der Waals surface area (Å²) in [6, 6.07) is 16.0. The van der Waals surface area contributed by atoms with Crippen molar-refractivity contribution < 1.29 is 24.3 Å².